The van der Waals surface area contributed by atoms with Crippen LogP contribution in [0.4, 0.5) is 5.69 Å². The van der Waals surface area contributed by atoms with Crippen LogP contribution in [0, 0.1) is 6.92 Å². The van der Waals surface area contributed by atoms with Gasteiger partial charge in [-0.3, -0.25) is 9.59 Å². The highest BCUT2D eigenvalue weighted by atomic mass is 35.5. The Hall–Kier alpha value is -2.49. The van der Waals surface area contributed by atoms with Crippen molar-refractivity contribution in [3.05, 3.63) is 51.5 Å². The van der Waals surface area contributed by atoms with Gasteiger partial charge < -0.3 is 5.32 Å². The van der Waals surface area contributed by atoms with E-state index >= 15 is 0 Å². The smallest absolute Gasteiger partial charge is 0.269 e. The number of aryl methyl sites for hydroxylation is 1. The molecule has 5 rings (SSSR count). The number of thiazole rings is 1. The molecule has 2 aromatic carbocycles. The SMILES string of the molecule is Cc1nc2c(NC(=O)c3ccc4c(c3)S(=O)(=O)N(C3CC3)C4=O)c(Cl)ccc2s1. The van der Waals surface area contributed by atoms with Gasteiger partial charge in [0, 0.05) is 11.6 Å². The van der Waals surface area contributed by atoms with Gasteiger partial charge in [-0.2, -0.15) is 0 Å². The molecule has 148 valence electrons. The molecule has 0 atom stereocenters. The van der Waals surface area contributed by atoms with E-state index in [4.69, 9.17) is 11.6 Å². The molecule has 0 unspecified atom stereocenters. The van der Waals surface area contributed by atoms with Gasteiger partial charge in [0.2, 0.25) is 0 Å². The third kappa shape index (κ3) is 2.84. The summed E-state index contributed by atoms with van der Waals surface area (Å²) in [6.07, 6.45) is 1.34. The Morgan fingerprint density at radius 2 is 2.03 bits per heavy atom. The van der Waals surface area contributed by atoms with E-state index in [1.807, 2.05) is 13.0 Å². The van der Waals surface area contributed by atoms with Crippen LogP contribution in [0.1, 0.15) is 38.6 Å². The largest absolute Gasteiger partial charge is 0.319 e. The zero-order valence-corrected chi connectivity index (χ0v) is 17.5. The molecule has 0 saturated heterocycles. The molecule has 1 fully saturated rings. The molecule has 1 saturated carbocycles. The van der Waals surface area contributed by atoms with Gasteiger partial charge >= 0.3 is 0 Å². The molecule has 1 N–H and O–H groups in total. The molecule has 10 heteroatoms. The van der Waals surface area contributed by atoms with Crippen LogP contribution in [0.5, 0.6) is 0 Å². The van der Waals surface area contributed by atoms with E-state index in [9.17, 15) is 18.0 Å². The third-order valence-electron chi connectivity index (χ3n) is 4.95. The molecule has 2 amide bonds. The number of fused-ring (bicyclic) bond motifs is 2. The first-order valence-electron chi connectivity index (χ1n) is 8.87. The monoisotopic (exact) mass is 447 g/mol. The van der Waals surface area contributed by atoms with Crippen LogP contribution in [-0.2, 0) is 10.0 Å². The first-order valence-corrected chi connectivity index (χ1v) is 11.5. The number of nitrogens with zero attached hydrogens (tertiary/aromatic N) is 2. The predicted molar refractivity (Wildman–Crippen MR) is 110 cm³/mol. The van der Waals surface area contributed by atoms with E-state index in [1.54, 1.807) is 6.07 Å². The lowest BCUT2D eigenvalue weighted by molar-refractivity contribution is 0.0864. The number of benzene rings is 2. The van der Waals surface area contributed by atoms with Crippen molar-refractivity contribution in [2.75, 3.05) is 5.32 Å². The van der Waals surface area contributed by atoms with Crippen molar-refractivity contribution in [2.45, 2.75) is 30.7 Å². The first-order chi connectivity index (χ1) is 13.8. The van der Waals surface area contributed by atoms with E-state index in [0.717, 1.165) is 14.0 Å². The van der Waals surface area contributed by atoms with Crippen LogP contribution in [0.25, 0.3) is 10.2 Å². The molecule has 0 radical (unpaired) electrons. The summed E-state index contributed by atoms with van der Waals surface area (Å²) in [5, 5.41) is 3.91. The summed E-state index contributed by atoms with van der Waals surface area (Å²) in [5.41, 5.74) is 1.18. The number of sulfonamides is 1. The summed E-state index contributed by atoms with van der Waals surface area (Å²) >= 11 is 7.75. The fourth-order valence-electron chi connectivity index (χ4n) is 3.44. The number of nitrogens with one attached hydrogen (secondary N) is 1. The Morgan fingerprint density at radius 3 is 2.76 bits per heavy atom. The van der Waals surface area contributed by atoms with E-state index in [-0.39, 0.29) is 22.1 Å². The van der Waals surface area contributed by atoms with Crippen molar-refractivity contribution in [2.24, 2.45) is 0 Å². The van der Waals surface area contributed by atoms with Crippen molar-refractivity contribution in [3.8, 4) is 0 Å². The topological polar surface area (TPSA) is 96.4 Å². The molecule has 2 aliphatic rings. The van der Waals surface area contributed by atoms with Crippen LogP contribution in [0.3, 0.4) is 0 Å². The second-order valence-corrected chi connectivity index (χ2v) is 10.4. The average molecular weight is 448 g/mol. The average Bonchev–Trinajstić information content (AvgIpc) is 3.39. The maximum Gasteiger partial charge on any atom is 0.269 e. The number of hydrogen-bond acceptors (Lipinski definition) is 6. The van der Waals surface area contributed by atoms with Crippen molar-refractivity contribution in [1.29, 1.82) is 0 Å². The van der Waals surface area contributed by atoms with E-state index in [0.29, 0.717) is 29.1 Å². The second kappa shape index (κ2) is 6.25. The summed E-state index contributed by atoms with van der Waals surface area (Å²) in [4.78, 5) is 29.6. The Bertz CT molecular complexity index is 1330. The molecule has 0 spiro atoms. The van der Waals surface area contributed by atoms with Crippen LogP contribution in [-0.4, -0.2) is 35.6 Å². The summed E-state index contributed by atoms with van der Waals surface area (Å²) in [7, 11) is -3.93. The van der Waals surface area contributed by atoms with Gasteiger partial charge in [0.25, 0.3) is 21.8 Å². The molecular formula is C19H14ClN3O4S2. The number of anilines is 1. The number of carbonyl (C=O) groups excluding carboxylic acids is 2. The maximum atomic E-state index is 12.8. The molecular weight excluding hydrogens is 434 g/mol. The zero-order chi connectivity index (χ0) is 20.5. The first kappa shape index (κ1) is 18.5. The van der Waals surface area contributed by atoms with Crippen LogP contribution in [0.2, 0.25) is 5.02 Å². The minimum Gasteiger partial charge on any atom is -0.319 e. The summed E-state index contributed by atoms with van der Waals surface area (Å²) < 4.78 is 27.4. The van der Waals surface area contributed by atoms with Gasteiger partial charge in [-0.05, 0) is 50.1 Å². The highest BCUT2D eigenvalue weighted by Crippen LogP contribution is 2.40. The van der Waals surface area contributed by atoms with E-state index in [1.165, 1.54) is 29.5 Å². The standard InChI is InChI=1S/C19H14ClN3O4S2/c1-9-21-17-14(28-9)7-6-13(20)16(17)22-18(24)10-2-5-12-15(8-10)29(26,27)23(19(12)25)11-3-4-11/h2,5-8,11H,3-4H2,1H3,(H,22,24). The summed E-state index contributed by atoms with van der Waals surface area (Å²) in [6.45, 7) is 1.86. The number of rotatable bonds is 3. The molecule has 7 nitrogen and oxygen atoms in total. The van der Waals surface area contributed by atoms with E-state index < -0.39 is 21.8 Å². The summed E-state index contributed by atoms with van der Waals surface area (Å²) in [6, 6.07) is 7.32. The fourth-order valence-corrected chi connectivity index (χ4v) is 6.32. The summed E-state index contributed by atoms with van der Waals surface area (Å²) in [5.74, 6) is -1.06. The van der Waals surface area contributed by atoms with Gasteiger partial charge in [-0.15, -0.1) is 11.3 Å². The zero-order valence-electron chi connectivity index (χ0n) is 15.1. The van der Waals surface area contributed by atoms with Crippen LogP contribution >= 0.6 is 22.9 Å². The van der Waals surface area contributed by atoms with Gasteiger partial charge in [0.15, 0.2) is 0 Å². The molecule has 29 heavy (non-hydrogen) atoms. The minimum absolute atomic E-state index is 0.101. The van der Waals surface area contributed by atoms with Gasteiger partial charge in [-0.25, -0.2) is 17.7 Å². The van der Waals surface area contributed by atoms with Gasteiger partial charge in [0.1, 0.15) is 10.4 Å². The second-order valence-electron chi connectivity index (χ2n) is 7.00. The lowest BCUT2D eigenvalue weighted by Crippen LogP contribution is -2.31. The quantitative estimate of drug-likeness (QED) is 0.658. The van der Waals surface area contributed by atoms with Crippen molar-refractivity contribution in [3.63, 3.8) is 0 Å². The van der Waals surface area contributed by atoms with Crippen molar-refractivity contribution < 1.29 is 18.0 Å². The molecule has 2 heterocycles. The highest BCUT2D eigenvalue weighted by Gasteiger charge is 2.48. The highest BCUT2D eigenvalue weighted by molar-refractivity contribution is 7.90. The Morgan fingerprint density at radius 1 is 1.28 bits per heavy atom. The Kier molecular flexibility index (Phi) is 4.00. The molecule has 0 bridgehead atoms. The maximum absolute atomic E-state index is 12.8. The molecule has 1 aliphatic heterocycles. The van der Waals surface area contributed by atoms with Gasteiger partial charge in [0.05, 0.1) is 26.0 Å². The lowest BCUT2D eigenvalue weighted by Gasteiger charge is -2.13. The number of halogens is 1. The molecule has 1 aromatic heterocycles. The van der Waals surface area contributed by atoms with E-state index in [2.05, 4.69) is 10.3 Å². The lowest BCUT2D eigenvalue weighted by atomic mass is 10.1. The normalized spacial score (nSPS) is 17.6. The Labute approximate surface area is 175 Å². The molecule has 1 aliphatic carbocycles. The fraction of sp³-hybridized carbons (Fsp3) is 0.211. The van der Waals surface area contributed by atoms with Crippen molar-refractivity contribution >= 4 is 60.7 Å². The molecule has 3 aromatic rings. The van der Waals surface area contributed by atoms with Crippen LogP contribution in [0.15, 0.2) is 35.2 Å². The van der Waals surface area contributed by atoms with Gasteiger partial charge in [-0.1, -0.05) is 11.6 Å². The minimum atomic E-state index is -3.93. The number of carbonyl (C=O) groups is 2. The predicted octanol–water partition coefficient (Wildman–Crippen LogP) is 3.82. The number of hydrogen-bond donors (Lipinski definition) is 1. The number of amides is 2. The Balaban J connectivity index is 1.53. The third-order valence-corrected chi connectivity index (χ3v) is 8.07. The van der Waals surface area contributed by atoms with Crippen LogP contribution < -0.4 is 5.32 Å². The van der Waals surface area contributed by atoms with Crippen molar-refractivity contribution in [1.82, 2.24) is 9.29 Å². The number of aromatic nitrogens is 1.